The van der Waals surface area contributed by atoms with Crippen LogP contribution in [-0.2, 0) is 16.0 Å². The number of benzene rings is 1. The summed E-state index contributed by atoms with van der Waals surface area (Å²) in [5.74, 6) is 1.11. The van der Waals surface area contributed by atoms with E-state index in [4.69, 9.17) is 9.47 Å². The minimum atomic E-state index is 0.156. The lowest BCUT2D eigenvalue weighted by Crippen LogP contribution is -2.54. The third-order valence-corrected chi connectivity index (χ3v) is 5.55. The van der Waals surface area contributed by atoms with Crippen LogP contribution in [0.25, 0.3) is 0 Å². The molecule has 0 bridgehead atoms. The van der Waals surface area contributed by atoms with Crippen LogP contribution in [0.2, 0.25) is 0 Å². The van der Waals surface area contributed by atoms with Crippen LogP contribution in [0.1, 0.15) is 31.2 Å². The van der Waals surface area contributed by atoms with Gasteiger partial charge >= 0.3 is 0 Å². The highest BCUT2D eigenvalue weighted by Gasteiger charge is 2.37. The molecule has 0 radical (unpaired) electrons. The van der Waals surface area contributed by atoms with Gasteiger partial charge in [-0.25, -0.2) is 0 Å². The normalized spacial score (nSPS) is 16.9. The highest BCUT2D eigenvalue weighted by Crippen LogP contribution is 2.31. The standard InChI is InChI=1S/C20H32N2O3/c1-21(2)20(13-16-24-3)11-14-22(15-12-20)19(23)10-7-17-5-8-18(25-4)9-6-17/h5-6,8-9H,7,10-16H2,1-4H3. The molecule has 1 aliphatic rings. The fourth-order valence-corrected chi connectivity index (χ4v) is 3.59. The molecule has 0 saturated carbocycles. The number of hydrogen-bond acceptors (Lipinski definition) is 4. The van der Waals surface area contributed by atoms with Crippen LogP contribution < -0.4 is 4.74 Å². The monoisotopic (exact) mass is 348 g/mol. The molecular formula is C20H32N2O3. The number of piperidine rings is 1. The van der Waals surface area contributed by atoms with Gasteiger partial charge in [0, 0.05) is 38.8 Å². The second kappa shape index (κ2) is 9.20. The molecule has 5 nitrogen and oxygen atoms in total. The summed E-state index contributed by atoms with van der Waals surface area (Å²) in [6.45, 7) is 2.44. The molecule has 2 rings (SSSR count). The number of carbonyl (C=O) groups is 1. The van der Waals surface area contributed by atoms with E-state index in [1.165, 1.54) is 5.56 Å². The van der Waals surface area contributed by atoms with Gasteiger partial charge in [-0.15, -0.1) is 0 Å². The minimum Gasteiger partial charge on any atom is -0.497 e. The lowest BCUT2D eigenvalue weighted by atomic mass is 9.83. The van der Waals surface area contributed by atoms with Crippen molar-refractivity contribution in [3.05, 3.63) is 29.8 Å². The second-order valence-corrected chi connectivity index (χ2v) is 7.09. The summed E-state index contributed by atoms with van der Waals surface area (Å²) < 4.78 is 10.5. The minimum absolute atomic E-state index is 0.156. The van der Waals surface area contributed by atoms with Crippen molar-refractivity contribution in [2.45, 2.75) is 37.6 Å². The van der Waals surface area contributed by atoms with Crippen LogP contribution in [-0.4, -0.2) is 69.3 Å². The number of nitrogens with zero attached hydrogens (tertiary/aromatic N) is 2. The van der Waals surface area contributed by atoms with Gasteiger partial charge in [0.25, 0.3) is 0 Å². The van der Waals surface area contributed by atoms with E-state index in [1.54, 1.807) is 14.2 Å². The molecular weight excluding hydrogens is 316 g/mol. The van der Waals surface area contributed by atoms with E-state index in [0.717, 1.165) is 51.1 Å². The lowest BCUT2D eigenvalue weighted by molar-refractivity contribution is -0.134. The maximum atomic E-state index is 12.6. The lowest BCUT2D eigenvalue weighted by Gasteiger charge is -2.46. The summed E-state index contributed by atoms with van der Waals surface area (Å²) in [4.78, 5) is 16.9. The third-order valence-electron chi connectivity index (χ3n) is 5.55. The number of carbonyl (C=O) groups excluding carboxylic acids is 1. The Kier molecular flexibility index (Phi) is 7.26. The molecule has 1 aliphatic heterocycles. The van der Waals surface area contributed by atoms with Crippen molar-refractivity contribution in [3.63, 3.8) is 0 Å². The van der Waals surface area contributed by atoms with Crippen LogP contribution in [0.3, 0.4) is 0 Å². The molecule has 0 N–H and O–H groups in total. The van der Waals surface area contributed by atoms with Gasteiger partial charge in [-0.1, -0.05) is 12.1 Å². The van der Waals surface area contributed by atoms with Crippen LogP contribution in [0.15, 0.2) is 24.3 Å². The number of hydrogen-bond donors (Lipinski definition) is 0. The topological polar surface area (TPSA) is 42.0 Å². The first-order valence-electron chi connectivity index (χ1n) is 9.08. The number of likely N-dealkylation sites (tertiary alicyclic amines) is 1. The Morgan fingerprint density at radius 2 is 1.80 bits per heavy atom. The van der Waals surface area contributed by atoms with Gasteiger partial charge in [-0.3, -0.25) is 4.79 Å². The first-order valence-corrected chi connectivity index (χ1v) is 9.08. The number of aryl methyl sites for hydroxylation is 1. The maximum Gasteiger partial charge on any atom is 0.222 e. The van der Waals surface area contributed by atoms with Crippen molar-refractivity contribution >= 4 is 5.91 Å². The van der Waals surface area contributed by atoms with Gasteiger partial charge in [-0.2, -0.15) is 0 Å². The van der Waals surface area contributed by atoms with Gasteiger partial charge in [0.15, 0.2) is 0 Å². The number of methoxy groups -OCH3 is 2. The largest absolute Gasteiger partial charge is 0.497 e. The van der Waals surface area contributed by atoms with Crippen molar-refractivity contribution in [2.75, 3.05) is 48.0 Å². The molecule has 0 unspecified atom stereocenters. The summed E-state index contributed by atoms with van der Waals surface area (Å²) in [7, 11) is 7.68. The Hall–Kier alpha value is -1.59. The van der Waals surface area contributed by atoms with Gasteiger partial charge in [-0.05, 0) is 57.5 Å². The van der Waals surface area contributed by atoms with E-state index < -0.39 is 0 Å². The Morgan fingerprint density at radius 1 is 1.16 bits per heavy atom. The predicted octanol–water partition coefficient (Wildman–Crippen LogP) is 2.59. The predicted molar refractivity (Wildman–Crippen MR) is 100 cm³/mol. The molecule has 0 spiro atoms. The highest BCUT2D eigenvalue weighted by atomic mass is 16.5. The zero-order valence-corrected chi connectivity index (χ0v) is 16.1. The summed E-state index contributed by atoms with van der Waals surface area (Å²) in [6, 6.07) is 7.96. The fraction of sp³-hybridized carbons (Fsp3) is 0.650. The van der Waals surface area contributed by atoms with Crippen molar-refractivity contribution in [1.29, 1.82) is 0 Å². The van der Waals surface area contributed by atoms with Gasteiger partial charge in [0.05, 0.1) is 7.11 Å². The summed E-state index contributed by atoms with van der Waals surface area (Å²) >= 11 is 0. The molecule has 5 heteroatoms. The molecule has 0 aromatic heterocycles. The van der Waals surface area contributed by atoms with E-state index in [2.05, 4.69) is 19.0 Å². The van der Waals surface area contributed by atoms with E-state index in [9.17, 15) is 4.79 Å². The molecule has 0 aliphatic carbocycles. The Morgan fingerprint density at radius 3 is 2.32 bits per heavy atom. The summed E-state index contributed by atoms with van der Waals surface area (Å²) in [5, 5.41) is 0. The van der Waals surface area contributed by atoms with Crippen LogP contribution in [0.5, 0.6) is 5.75 Å². The Bertz CT molecular complexity index is 534. The smallest absolute Gasteiger partial charge is 0.222 e. The Balaban J connectivity index is 1.83. The molecule has 25 heavy (non-hydrogen) atoms. The Labute approximate surface area is 151 Å². The van der Waals surface area contributed by atoms with Crippen LogP contribution >= 0.6 is 0 Å². The van der Waals surface area contributed by atoms with Crippen LogP contribution in [0, 0.1) is 0 Å². The molecule has 1 aromatic rings. The average Bonchev–Trinajstić information content (AvgIpc) is 2.65. The first-order chi connectivity index (χ1) is 12.0. The zero-order chi connectivity index (χ0) is 18.3. The highest BCUT2D eigenvalue weighted by molar-refractivity contribution is 5.76. The van der Waals surface area contributed by atoms with Crippen molar-refractivity contribution in [2.24, 2.45) is 0 Å². The number of rotatable bonds is 8. The maximum absolute atomic E-state index is 12.6. The first kappa shape index (κ1) is 19.7. The second-order valence-electron chi connectivity index (χ2n) is 7.09. The number of ether oxygens (including phenoxy) is 2. The zero-order valence-electron chi connectivity index (χ0n) is 16.1. The molecule has 1 amide bonds. The number of amides is 1. The van der Waals surface area contributed by atoms with Crippen molar-refractivity contribution in [3.8, 4) is 5.75 Å². The summed E-state index contributed by atoms with van der Waals surface area (Å²) in [5.41, 5.74) is 1.33. The molecule has 1 saturated heterocycles. The average molecular weight is 348 g/mol. The van der Waals surface area contributed by atoms with Crippen LogP contribution in [0.4, 0.5) is 0 Å². The van der Waals surface area contributed by atoms with E-state index >= 15 is 0 Å². The quantitative estimate of drug-likeness (QED) is 0.724. The summed E-state index contributed by atoms with van der Waals surface area (Å²) in [6.07, 6.45) is 4.39. The van der Waals surface area contributed by atoms with E-state index in [-0.39, 0.29) is 11.4 Å². The SMILES string of the molecule is COCCC1(N(C)C)CCN(C(=O)CCc2ccc(OC)cc2)CC1. The van der Waals surface area contributed by atoms with E-state index in [0.29, 0.717) is 6.42 Å². The molecule has 1 fully saturated rings. The van der Waals surface area contributed by atoms with Gasteiger partial charge < -0.3 is 19.3 Å². The van der Waals surface area contributed by atoms with Crippen molar-refractivity contribution in [1.82, 2.24) is 9.80 Å². The fourth-order valence-electron chi connectivity index (χ4n) is 3.59. The van der Waals surface area contributed by atoms with Gasteiger partial charge in [0.1, 0.15) is 5.75 Å². The van der Waals surface area contributed by atoms with Crippen molar-refractivity contribution < 1.29 is 14.3 Å². The molecule has 1 aromatic carbocycles. The molecule has 1 heterocycles. The third kappa shape index (κ3) is 5.19. The molecule has 140 valence electrons. The molecule has 0 atom stereocenters. The van der Waals surface area contributed by atoms with Gasteiger partial charge in [0.2, 0.25) is 5.91 Å². The van der Waals surface area contributed by atoms with E-state index in [1.807, 2.05) is 29.2 Å².